The first kappa shape index (κ1) is 69.8. The van der Waals surface area contributed by atoms with E-state index in [9.17, 15) is 38.4 Å². The maximum Gasteiger partial charge on any atom is 0.317 e. The summed E-state index contributed by atoms with van der Waals surface area (Å²) in [7, 11) is 0. The monoisotopic (exact) mass is 1080 g/mol. The van der Waals surface area contributed by atoms with Crippen LogP contribution in [-0.2, 0) is 76.3 Å². The van der Waals surface area contributed by atoms with Gasteiger partial charge in [-0.2, -0.15) is 0 Å². The van der Waals surface area contributed by atoms with Gasteiger partial charge in [0.15, 0.2) is 0 Å². The van der Waals surface area contributed by atoms with Crippen LogP contribution >= 0.6 is 0 Å². The van der Waals surface area contributed by atoms with Crippen LogP contribution in [0.5, 0.6) is 0 Å². The number of ether oxygens (including phenoxy) is 8. The van der Waals surface area contributed by atoms with Crippen molar-refractivity contribution in [2.24, 2.45) is 45.3 Å². The molecule has 0 aromatic rings. The lowest BCUT2D eigenvalue weighted by Gasteiger charge is -2.37. The number of esters is 8. The van der Waals surface area contributed by atoms with Gasteiger partial charge >= 0.3 is 47.8 Å². The summed E-state index contributed by atoms with van der Waals surface area (Å²) in [4.78, 5) is 91.2. The summed E-state index contributed by atoms with van der Waals surface area (Å²) in [6, 6.07) is 0. The van der Waals surface area contributed by atoms with Crippen LogP contribution in [0, 0.1) is 45.3 Å². The molecule has 4 aliphatic rings. The zero-order chi connectivity index (χ0) is 57.9. The van der Waals surface area contributed by atoms with E-state index in [0.717, 1.165) is 51.4 Å². The highest BCUT2D eigenvalue weighted by atomic mass is 16.6. The van der Waals surface area contributed by atoms with E-state index >= 15 is 0 Å². The van der Waals surface area contributed by atoms with Gasteiger partial charge in [0.25, 0.3) is 0 Å². The Morgan fingerprint density at radius 3 is 0.645 bits per heavy atom. The Hall–Kier alpha value is -4.24. The fourth-order valence-electron chi connectivity index (χ4n) is 11.3. The molecule has 0 aromatic heterocycles. The van der Waals surface area contributed by atoms with Crippen LogP contribution in [-0.4, -0.2) is 98.6 Å². The van der Waals surface area contributed by atoms with Crippen molar-refractivity contribution >= 4 is 47.8 Å². The molecule has 16 heteroatoms. The number of hydrogen-bond acceptors (Lipinski definition) is 16. The van der Waals surface area contributed by atoms with Crippen molar-refractivity contribution in [1.29, 1.82) is 0 Å². The van der Waals surface area contributed by atoms with Crippen LogP contribution in [0.3, 0.4) is 0 Å². The van der Waals surface area contributed by atoms with Crippen LogP contribution in [0.15, 0.2) is 0 Å². The van der Waals surface area contributed by atoms with Gasteiger partial charge in [-0.1, -0.05) is 81.1 Å². The summed E-state index contributed by atoms with van der Waals surface area (Å²) in [6.07, 6.45) is 16.7. The van der Waals surface area contributed by atoms with Crippen LogP contribution in [0.1, 0.15) is 239 Å². The van der Waals surface area contributed by atoms with Gasteiger partial charge in [-0.05, 0) is 178 Å². The molecule has 16 nitrogen and oxygen atoms in total. The van der Waals surface area contributed by atoms with Crippen LogP contribution in [0.2, 0.25) is 0 Å². The Labute approximate surface area is 457 Å². The molecule has 0 N–H and O–H groups in total. The van der Waals surface area contributed by atoms with E-state index < -0.39 is 47.8 Å². The lowest BCUT2D eigenvalue weighted by Crippen LogP contribution is -2.32. The predicted octanol–water partition coefficient (Wildman–Crippen LogP) is 12.4. The second kappa shape index (κ2) is 34.6. The van der Waals surface area contributed by atoms with Crippen LogP contribution in [0.25, 0.3) is 0 Å². The fourth-order valence-corrected chi connectivity index (χ4v) is 11.3. The third-order valence-corrected chi connectivity index (χ3v) is 15.3. The van der Waals surface area contributed by atoms with Gasteiger partial charge in [0.1, 0.15) is 50.1 Å². The van der Waals surface area contributed by atoms with Gasteiger partial charge in [0, 0.05) is 0 Å². The molecule has 0 radical (unpaired) electrons. The summed E-state index contributed by atoms with van der Waals surface area (Å²) >= 11 is 0. The van der Waals surface area contributed by atoms with Gasteiger partial charge in [0.05, 0.1) is 26.4 Å². The standard InChI is InChI=1S/4C15H26O4/c4*1-5-18-13(16)9-14(17)19-11(2)12-7-6-8-15(3,4)10-12/h4*11-12H,5-10H2,1-4H3/t2*11-,12?;11-,12+;/m100./s1. The van der Waals surface area contributed by atoms with E-state index in [1.54, 1.807) is 27.7 Å². The molecular formula is C60H104O16. The average Bonchev–Trinajstić information content (AvgIpc) is 3.28. The van der Waals surface area contributed by atoms with E-state index in [4.69, 9.17) is 37.9 Å². The number of carbonyl (C=O) groups is 8. The zero-order valence-electron chi connectivity index (χ0n) is 50.1. The first-order valence-electron chi connectivity index (χ1n) is 28.8. The lowest BCUT2D eigenvalue weighted by atomic mass is 9.71. The molecule has 4 rings (SSSR count). The van der Waals surface area contributed by atoms with Gasteiger partial charge < -0.3 is 37.9 Å². The van der Waals surface area contributed by atoms with Crippen LogP contribution in [0.4, 0.5) is 0 Å². The van der Waals surface area contributed by atoms with E-state index in [1.807, 2.05) is 27.7 Å². The van der Waals surface area contributed by atoms with Crippen molar-refractivity contribution in [3.63, 3.8) is 0 Å². The smallest absolute Gasteiger partial charge is 0.317 e. The Morgan fingerprint density at radius 1 is 0.329 bits per heavy atom. The van der Waals surface area contributed by atoms with Crippen molar-refractivity contribution in [2.45, 2.75) is 264 Å². The molecule has 4 unspecified atom stereocenters. The normalized spacial score (nSPS) is 23.5. The van der Waals surface area contributed by atoms with E-state index in [1.165, 1.54) is 51.4 Å². The average molecular weight is 1080 g/mol. The molecule has 4 aliphatic carbocycles. The topological polar surface area (TPSA) is 210 Å². The molecule has 0 amide bonds. The third kappa shape index (κ3) is 30.6. The summed E-state index contributed by atoms with van der Waals surface area (Å²) in [5.74, 6) is -2.36. The SMILES string of the molecule is CCOC(=O)CC(=O)OC(C)C1CCCC(C)(C)C1.CCOC(=O)CC(=O)O[C@@H](C)C1CCCC(C)(C)C1.CCOC(=O)CC(=O)O[C@@H](C)[C@@H]1CCCC(C)(C)C1.CCOC(=O)CC(=O)O[C@H](C)C1CCCC(C)(C)C1. The van der Waals surface area contributed by atoms with Gasteiger partial charge in [-0.25, -0.2) is 0 Å². The Bertz CT molecular complexity index is 1540. The van der Waals surface area contributed by atoms with E-state index in [0.29, 0.717) is 71.8 Å². The summed E-state index contributed by atoms with van der Waals surface area (Å²) in [5.41, 5.74) is 1.30. The first-order valence-corrected chi connectivity index (χ1v) is 28.8. The van der Waals surface area contributed by atoms with Crippen LogP contribution < -0.4 is 0 Å². The second-order valence-electron chi connectivity index (χ2n) is 24.8. The highest BCUT2D eigenvalue weighted by molar-refractivity contribution is 5.92. The lowest BCUT2D eigenvalue weighted by molar-refractivity contribution is -0.161. The molecule has 0 bridgehead atoms. The highest BCUT2D eigenvalue weighted by Gasteiger charge is 2.36. The molecule has 0 saturated heterocycles. The predicted molar refractivity (Wildman–Crippen MR) is 290 cm³/mol. The van der Waals surface area contributed by atoms with Crippen molar-refractivity contribution in [2.75, 3.05) is 26.4 Å². The van der Waals surface area contributed by atoms with Gasteiger partial charge in [-0.3, -0.25) is 38.4 Å². The third-order valence-electron chi connectivity index (χ3n) is 15.3. The minimum atomic E-state index is -0.510. The van der Waals surface area contributed by atoms with Crippen molar-refractivity contribution in [3.8, 4) is 0 Å². The molecule has 0 aromatic carbocycles. The molecule has 4 saturated carbocycles. The number of rotatable bonds is 20. The molecule has 440 valence electrons. The van der Waals surface area contributed by atoms with Gasteiger partial charge in [0.2, 0.25) is 0 Å². The fraction of sp³-hybridized carbons (Fsp3) is 0.867. The maximum atomic E-state index is 11.6. The number of hydrogen-bond donors (Lipinski definition) is 0. The quantitative estimate of drug-likeness (QED) is 0.0630. The highest BCUT2D eigenvalue weighted by Crippen LogP contribution is 2.43. The van der Waals surface area contributed by atoms with E-state index in [-0.39, 0.29) is 50.1 Å². The second-order valence-corrected chi connectivity index (χ2v) is 24.8. The Kier molecular flexibility index (Phi) is 31.8. The summed E-state index contributed by atoms with van der Waals surface area (Å²) in [6.45, 7) is 33.8. The Morgan fingerprint density at radius 2 is 0.500 bits per heavy atom. The zero-order valence-corrected chi connectivity index (χ0v) is 50.1. The largest absolute Gasteiger partial charge is 0.466 e. The molecule has 76 heavy (non-hydrogen) atoms. The summed E-state index contributed by atoms with van der Waals surface area (Å²) < 4.78 is 40.4. The molecule has 4 fully saturated rings. The molecule has 8 atom stereocenters. The minimum absolute atomic E-state index is 0.124. The van der Waals surface area contributed by atoms with Crippen molar-refractivity contribution in [1.82, 2.24) is 0 Å². The summed E-state index contributed by atoms with van der Waals surface area (Å²) in [5, 5.41) is 0. The maximum absolute atomic E-state index is 11.6. The minimum Gasteiger partial charge on any atom is -0.466 e. The number of carbonyl (C=O) groups excluding carboxylic acids is 8. The first-order chi connectivity index (χ1) is 35.3. The van der Waals surface area contributed by atoms with Gasteiger partial charge in [-0.15, -0.1) is 0 Å². The Balaban J connectivity index is 0.000000507. The molecular weight excluding hydrogens is 977 g/mol. The molecule has 0 spiro atoms. The van der Waals surface area contributed by atoms with Crippen molar-refractivity contribution in [3.05, 3.63) is 0 Å². The van der Waals surface area contributed by atoms with E-state index in [2.05, 4.69) is 55.4 Å². The molecule has 0 heterocycles. The molecule has 0 aliphatic heterocycles. The van der Waals surface area contributed by atoms with Crippen molar-refractivity contribution < 1.29 is 76.3 Å².